The fourth-order valence-electron chi connectivity index (χ4n) is 2.50. The van der Waals surface area contributed by atoms with Crippen molar-refractivity contribution >= 4 is 23.2 Å². The lowest BCUT2D eigenvalue weighted by Gasteiger charge is -2.13. The number of amides is 2. The lowest BCUT2D eigenvalue weighted by molar-refractivity contribution is 0.0945. The van der Waals surface area contributed by atoms with Gasteiger partial charge in [-0.25, -0.2) is 4.98 Å². The van der Waals surface area contributed by atoms with E-state index in [0.29, 0.717) is 12.2 Å². The molecule has 7 heteroatoms. The molecular formula is C21H21N5O2. The van der Waals surface area contributed by atoms with Crippen molar-refractivity contribution in [1.29, 1.82) is 0 Å². The van der Waals surface area contributed by atoms with Crippen LogP contribution in [0.15, 0.2) is 67.0 Å². The van der Waals surface area contributed by atoms with Gasteiger partial charge in [0.2, 0.25) is 0 Å². The van der Waals surface area contributed by atoms with Crippen LogP contribution in [0.3, 0.4) is 0 Å². The van der Waals surface area contributed by atoms with Crippen molar-refractivity contribution in [2.45, 2.75) is 6.54 Å². The summed E-state index contributed by atoms with van der Waals surface area (Å²) in [4.78, 5) is 34.9. The van der Waals surface area contributed by atoms with Crippen LogP contribution in [0.5, 0.6) is 0 Å². The van der Waals surface area contributed by atoms with Crippen LogP contribution in [0, 0.1) is 0 Å². The van der Waals surface area contributed by atoms with E-state index in [1.165, 1.54) is 0 Å². The molecular weight excluding hydrogens is 354 g/mol. The van der Waals surface area contributed by atoms with E-state index in [-0.39, 0.29) is 23.2 Å². The number of carbonyl (C=O) groups is 2. The molecule has 0 bridgehead atoms. The molecule has 0 spiro atoms. The summed E-state index contributed by atoms with van der Waals surface area (Å²) in [5, 5.41) is 5.56. The lowest BCUT2D eigenvalue weighted by atomic mass is 10.2. The van der Waals surface area contributed by atoms with Crippen LogP contribution in [0.4, 0.5) is 11.4 Å². The number of benzene rings is 1. The zero-order valence-corrected chi connectivity index (χ0v) is 15.7. The molecule has 0 unspecified atom stereocenters. The van der Waals surface area contributed by atoms with Gasteiger partial charge in [-0.3, -0.25) is 14.6 Å². The van der Waals surface area contributed by atoms with Crippen molar-refractivity contribution in [2.24, 2.45) is 0 Å². The van der Waals surface area contributed by atoms with E-state index in [4.69, 9.17) is 0 Å². The molecule has 2 N–H and O–H groups in total. The second-order valence-electron chi connectivity index (χ2n) is 6.35. The van der Waals surface area contributed by atoms with Gasteiger partial charge in [0.1, 0.15) is 11.4 Å². The van der Waals surface area contributed by atoms with Gasteiger partial charge in [0.05, 0.1) is 0 Å². The summed E-state index contributed by atoms with van der Waals surface area (Å²) in [6, 6.07) is 15.9. The predicted molar refractivity (Wildman–Crippen MR) is 108 cm³/mol. The Morgan fingerprint density at radius 2 is 1.64 bits per heavy atom. The summed E-state index contributed by atoms with van der Waals surface area (Å²) in [7, 11) is 3.89. The highest BCUT2D eigenvalue weighted by Crippen LogP contribution is 2.16. The fraction of sp³-hybridized carbons (Fsp3) is 0.143. The average molecular weight is 375 g/mol. The summed E-state index contributed by atoms with van der Waals surface area (Å²) in [6.45, 7) is 0.336. The van der Waals surface area contributed by atoms with E-state index >= 15 is 0 Å². The average Bonchev–Trinajstić information content (AvgIpc) is 2.73. The van der Waals surface area contributed by atoms with E-state index in [2.05, 4.69) is 20.6 Å². The number of hydrogen-bond acceptors (Lipinski definition) is 5. The fourth-order valence-corrected chi connectivity index (χ4v) is 2.50. The first-order chi connectivity index (χ1) is 13.5. The Hall–Kier alpha value is -3.74. The van der Waals surface area contributed by atoms with Crippen molar-refractivity contribution in [3.63, 3.8) is 0 Å². The maximum atomic E-state index is 12.5. The van der Waals surface area contributed by atoms with Crippen LogP contribution in [0.1, 0.15) is 26.5 Å². The first-order valence-electron chi connectivity index (χ1n) is 8.76. The Balaban J connectivity index is 1.64. The number of anilines is 2. The lowest BCUT2D eigenvalue weighted by Crippen LogP contribution is -2.25. The molecule has 0 atom stereocenters. The number of pyridine rings is 2. The molecule has 0 aliphatic rings. The summed E-state index contributed by atoms with van der Waals surface area (Å²) >= 11 is 0. The number of hydrogen-bond donors (Lipinski definition) is 2. The number of carbonyl (C=O) groups excluding carboxylic acids is 2. The minimum atomic E-state index is -0.375. The third-order valence-electron chi connectivity index (χ3n) is 4.03. The highest BCUT2D eigenvalue weighted by molar-refractivity contribution is 6.03. The maximum absolute atomic E-state index is 12.5. The van der Waals surface area contributed by atoms with E-state index < -0.39 is 0 Å². The highest BCUT2D eigenvalue weighted by atomic mass is 16.2. The Bertz CT molecular complexity index is 956. The second-order valence-corrected chi connectivity index (χ2v) is 6.35. The van der Waals surface area contributed by atoms with Gasteiger partial charge in [-0.05, 0) is 48.0 Å². The number of rotatable bonds is 6. The molecule has 2 heterocycles. The summed E-state index contributed by atoms with van der Waals surface area (Å²) in [6.07, 6.45) is 3.35. The summed E-state index contributed by atoms with van der Waals surface area (Å²) < 4.78 is 0. The quantitative estimate of drug-likeness (QED) is 0.692. The van der Waals surface area contributed by atoms with Gasteiger partial charge in [-0.2, -0.15) is 0 Å². The molecule has 0 saturated heterocycles. The van der Waals surface area contributed by atoms with Gasteiger partial charge in [0.15, 0.2) is 0 Å². The largest absolute Gasteiger partial charge is 0.378 e. The normalized spacial score (nSPS) is 10.2. The number of aromatic nitrogens is 2. The van der Waals surface area contributed by atoms with Crippen LogP contribution in [-0.4, -0.2) is 35.9 Å². The number of nitrogens with one attached hydrogen (secondary N) is 2. The molecule has 142 valence electrons. The molecule has 0 saturated carbocycles. The molecule has 3 rings (SSSR count). The van der Waals surface area contributed by atoms with Crippen LogP contribution in [0.25, 0.3) is 0 Å². The smallest absolute Gasteiger partial charge is 0.274 e. The first kappa shape index (κ1) is 19.0. The molecule has 28 heavy (non-hydrogen) atoms. The standard InChI is InChI=1S/C21H21N5O2/c1-26(2)17-10-8-16(9-11-17)24-21(28)19-7-3-6-18(25-19)20(27)23-14-15-5-4-12-22-13-15/h3-13H,14H2,1-2H3,(H,23,27)(H,24,28). The van der Waals surface area contributed by atoms with Crippen LogP contribution in [-0.2, 0) is 6.54 Å². The van der Waals surface area contributed by atoms with Crippen molar-refractivity contribution in [3.05, 3.63) is 83.9 Å². The molecule has 0 aliphatic heterocycles. The second kappa shape index (κ2) is 8.77. The Morgan fingerprint density at radius 3 is 2.29 bits per heavy atom. The maximum Gasteiger partial charge on any atom is 0.274 e. The third kappa shape index (κ3) is 4.91. The van der Waals surface area contributed by atoms with E-state index in [1.807, 2.05) is 49.3 Å². The Labute approximate surface area is 163 Å². The van der Waals surface area contributed by atoms with E-state index in [1.54, 1.807) is 36.7 Å². The van der Waals surface area contributed by atoms with Gasteiger partial charge in [0, 0.05) is 44.4 Å². The van der Waals surface area contributed by atoms with Crippen LogP contribution >= 0.6 is 0 Å². The predicted octanol–water partition coefficient (Wildman–Crippen LogP) is 2.72. The Kier molecular flexibility index (Phi) is 5.96. The molecule has 2 aromatic heterocycles. The van der Waals surface area contributed by atoms with Gasteiger partial charge in [-0.15, -0.1) is 0 Å². The van der Waals surface area contributed by atoms with Gasteiger partial charge >= 0.3 is 0 Å². The molecule has 1 aromatic carbocycles. The minimum absolute atomic E-state index is 0.172. The third-order valence-corrected chi connectivity index (χ3v) is 4.03. The summed E-state index contributed by atoms with van der Waals surface area (Å²) in [5.74, 6) is -0.728. The van der Waals surface area contributed by atoms with Crippen molar-refractivity contribution in [2.75, 3.05) is 24.3 Å². The van der Waals surface area contributed by atoms with E-state index in [9.17, 15) is 9.59 Å². The SMILES string of the molecule is CN(C)c1ccc(NC(=O)c2cccc(C(=O)NCc3cccnc3)n2)cc1. The van der Waals surface area contributed by atoms with Crippen LogP contribution in [0.2, 0.25) is 0 Å². The van der Waals surface area contributed by atoms with Crippen molar-refractivity contribution in [1.82, 2.24) is 15.3 Å². The molecule has 3 aromatic rings. The highest BCUT2D eigenvalue weighted by Gasteiger charge is 2.12. The first-order valence-corrected chi connectivity index (χ1v) is 8.76. The van der Waals surface area contributed by atoms with Crippen molar-refractivity contribution in [3.8, 4) is 0 Å². The zero-order valence-electron chi connectivity index (χ0n) is 15.7. The number of nitrogens with zero attached hydrogens (tertiary/aromatic N) is 3. The zero-order chi connectivity index (χ0) is 19.9. The molecule has 0 fully saturated rings. The van der Waals surface area contributed by atoms with E-state index in [0.717, 1.165) is 11.3 Å². The Morgan fingerprint density at radius 1 is 0.929 bits per heavy atom. The topological polar surface area (TPSA) is 87.2 Å². The molecule has 0 radical (unpaired) electrons. The van der Waals surface area contributed by atoms with Gasteiger partial charge in [0.25, 0.3) is 11.8 Å². The minimum Gasteiger partial charge on any atom is -0.378 e. The molecule has 2 amide bonds. The van der Waals surface area contributed by atoms with Crippen molar-refractivity contribution < 1.29 is 9.59 Å². The molecule has 7 nitrogen and oxygen atoms in total. The van der Waals surface area contributed by atoms with Gasteiger partial charge in [-0.1, -0.05) is 12.1 Å². The van der Waals surface area contributed by atoms with Crippen LogP contribution < -0.4 is 15.5 Å². The van der Waals surface area contributed by atoms with Gasteiger partial charge < -0.3 is 15.5 Å². The summed E-state index contributed by atoms with van der Waals surface area (Å²) in [5.41, 5.74) is 2.92. The molecule has 0 aliphatic carbocycles. The monoisotopic (exact) mass is 375 g/mol.